The number of anilines is 1. The molecule has 0 unspecified atom stereocenters. The molecule has 152 valence electrons. The highest BCUT2D eigenvalue weighted by Crippen LogP contribution is 2.34. The van der Waals surface area contributed by atoms with Crippen molar-refractivity contribution in [3.8, 4) is 29.9 Å². The number of rotatable bonds is 8. The SMILES string of the molecule is C#CCOc1c(CC=C)cc(C=C(C#N)C(=O)Nc2ccc(C)c(Cl)c2)cc1OC. The van der Waals surface area contributed by atoms with Crippen LogP contribution in [0.5, 0.6) is 11.5 Å². The minimum absolute atomic E-state index is 0.0735. The number of carbonyl (C=O) groups is 1. The predicted octanol–water partition coefficient (Wildman–Crippen LogP) is 4.94. The fourth-order valence-corrected chi connectivity index (χ4v) is 2.87. The maximum absolute atomic E-state index is 12.6. The van der Waals surface area contributed by atoms with E-state index in [-0.39, 0.29) is 12.2 Å². The van der Waals surface area contributed by atoms with Crippen LogP contribution in [0.2, 0.25) is 5.02 Å². The van der Waals surface area contributed by atoms with Crippen molar-refractivity contribution in [1.29, 1.82) is 5.26 Å². The summed E-state index contributed by atoms with van der Waals surface area (Å²) in [5.74, 6) is 2.82. The molecule has 0 fully saturated rings. The maximum atomic E-state index is 12.6. The van der Waals surface area contributed by atoms with E-state index in [1.165, 1.54) is 13.2 Å². The van der Waals surface area contributed by atoms with Gasteiger partial charge in [-0.1, -0.05) is 29.7 Å². The summed E-state index contributed by atoms with van der Waals surface area (Å²) >= 11 is 6.09. The molecule has 30 heavy (non-hydrogen) atoms. The molecule has 0 aliphatic rings. The van der Waals surface area contributed by atoms with Gasteiger partial charge in [-0.25, -0.2) is 0 Å². The van der Waals surface area contributed by atoms with Crippen molar-refractivity contribution in [3.63, 3.8) is 0 Å². The van der Waals surface area contributed by atoms with Crippen molar-refractivity contribution in [2.24, 2.45) is 0 Å². The zero-order valence-electron chi connectivity index (χ0n) is 16.8. The zero-order chi connectivity index (χ0) is 22.1. The lowest BCUT2D eigenvalue weighted by Gasteiger charge is -2.14. The molecule has 2 aromatic carbocycles. The summed E-state index contributed by atoms with van der Waals surface area (Å²) in [5.41, 5.74) is 2.69. The number of nitrogens with zero attached hydrogens (tertiary/aromatic N) is 1. The summed E-state index contributed by atoms with van der Waals surface area (Å²) in [6.07, 6.45) is 8.97. The first-order chi connectivity index (χ1) is 14.4. The van der Waals surface area contributed by atoms with Gasteiger partial charge in [0.2, 0.25) is 0 Å². The molecule has 0 bridgehead atoms. The van der Waals surface area contributed by atoms with Crippen LogP contribution in [0.3, 0.4) is 0 Å². The zero-order valence-corrected chi connectivity index (χ0v) is 17.5. The Bertz CT molecular complexity index is 1080. The van der Waals surface area contributed by atoms with Crippen LogP contribution in [-0.4, -0.2) is 19.6 Å². The smallest absolute Gasteiger partial charge is 0.266 e. The monoisotopic (exact) mass is 420 g/mol. The second kappa shape index (κ2) is 10.8. The van der Waals surface area contributed by atoms with Gasteiger partial charge in [0.1, 0.15) is 18.2 Å². The molecule has 0 aromatic heterocycles. The molecule has 5 nitrogen and oxygen atoms in total. The van der Waals surface area contributed by atoms with Gasteiger partial charge in [0, 0.05) is 16.3 Å². The number of hydrogen-bond donors (Lipinski definition) is 1. The highest BCUT2D eigenvalue weighted by molar-refractivity contribution is 6.31. The van der Waals surface area contributed by atoms with E-state index < -0.39 is 5.91 Å². The quantitative estimate of drug-likeness (QED) is 0.284. The van der Waals surface area contributed by atoms with Crippen molar-refractivity contribution >= 4 is 29.3 Å². The third-order valence-corrected chi connectivity index (χ3v) is 4.55. The summed E-state index contributed by atoms with van der Waals surface area (Å²) in [7, 11) is 1.50. The van der Waals surface area contributed by atoms with E-state index in [0.29, 0.717) is 34.2 Å². The van der Waals surface area contributed by atoms with E-state index >= 15 is 0 Å². The van der Waals surface area contributed by atoms with Crippen molar-refractivity contribution < 1.29 is 14.3 Å². The molecule has 0 radical (unpaired) electrons. The normalized spacial score (nSPS) is 10.5. The van der Waals surface area contributed by atoms with Gasteiger partial charge < -0.3 is 14.8 Å². The van der Waals surface area contributed by atoms with Gasteiger partial charge in [-0.3, -0.25) is 4.79 Å². The number of methoxy groups -OCH3 is 1. The number of hydrogen-bond acceptors (Lipinski definition) is 4. The maximum Gasteiger partial charge on any atom is 0.266 e. The summed E-state index contributed by atoms with van der Waals surface area (Å²) < 4.78 is 11.0. The second-order valence-corrected chi connectivity index (χ2v) is 6.69. The van der Waals surface area contributed by atoms with E-state index in [9.17, 15) is 10.1 Å². The summed E-state index contributed by atoms with van der Waals surface area (Å²) in [4.78, 5) is 12.6. The Morgan fingerprint density at radius 3 is 2.73 bits per heavy atom. The fourth-order valence-electron chi connectivity index (χ4n) is 2.69. The lowest BCUT2D eigenvalue weighted by molar-refractivity contribution is -0.112. The topological polar surface area (TPSA) is 71.3 Å². The third kappa shape index (κ3) is 5.67. The first kappa shape index (κ1) is 22.6. The van der Waals surface area contributed by atoms with Crippen LogP contribution in [0.4, 0.5) is 5.69 Å². The van der Waals surface area contributed by atoms with Gasteiger partial charge in [0.05, 0.1) is 7.11 Å². The Kier molecular flexibility index (Phi) is 8.11. The molecule has 0 heterocycles. The highest BCUT2D eigenvalue weighted by atomic mass is 35.5. The van der Waals surface area contributed by atoms with Crippen LogP contribution in [-0.2, 0) is 11.2 Å². The number of benzene rings is 2. The van der Waals surface area contributed by atoms with E-state index in [1.807, 2.05) is 13.0 Å². The van der Waals surface area contributed by atoms with E-state index in [0.717, 1.165) is 11.1 Å². The van der Waals surface area contributed by atoms with Gasteiger partial charge in [0.15, 0.2) is 11.5 Å². The fraction of sp³-hybridized carbons (Fsp3) is 0.167. The lowest BCUT2D eigenvalue weighted by atomic mass is 10.0. The Balaban J connectivity index is 2.39. The largest absolute Gasteiger partial charge is 0.493 e. The number of nitriles is 1. The number of terminal acetylenes is 1. The summed E-state index contributed by atoms with van der Waals surface area (Å²) in [6.45, 7) is 5.69. The minimum Gasteiger partial charge on any atom is -0.493 e. The average molecular weight is 421 g/mol. The highest BCUT2D eigenvalue weighted by Gasteiger charge is 2.15. The number of halogens is 1. The Labute approximate surface area is 181 Å². The molecule has 2 rings (SSSR count). The Hall–Kier alpha value is -3.67. The number of carbonyl (C=O) groups excluding carboxylic acids is 1. The van der Waals surface area contributed by atoms with Crippen molar-refractivity contribution in [2.45, 2.75) is 13.3 Å². The van der Waals surface area contributed by atoms with Crippen LogP contribution < -0.4 is 14.8 Å². The number of amides is 1. The number of nitrogens with one attached hydrogen (secondary N) is 1. The van der Waals surface area contributed by atoms with Crippen molar-refractivity contribution in [3.05, 3.63) is 70.3 Å². The van der Waals surface area contributed by atoms with Gasteiger partial charge in [-0.05, 0) is 54.8 Å². The third-order valence-electron chi connectivity index (χ3n) is 4.14. The van der Waals surface area contributed by atoms with Crippen molar-refractivity contribution in [1.82, 2.24) is 0 Å². The minimum atomic E-state index is -0.547. The molecule has 0 atom stereocenters. The van der Waals surface area contributed by atoms with Gasteiger partial charge in [-0.15, -0.1) is 13.0 Å². The molecule has 1 amide bonds. The first-order valence-electron chi connectivity index (χ1n) is 9.00. The molecule has 2 aromatic rings. The predicted molar refractivity (Wildman–Crippen MR) is 120 cm³/mol. The van der Waals surface area contributed by atoms with Crippen LogP contribution >= 0.6 is 11.6 Å². The molecular weight excluding hydrogens is 400 g/mol. The van der Waals surface area contributed by atoms with Gasteiger partial charge >= 0.3 is 0 Å². The molecule has 1 N–H and O–H groups in total. The molecule has 0 spiro atoms. The number of ether oxygens (including phenoxy) is 2. The van der Waals surface area contributed by atoms with Crippen LogP contribution in [0.15, 0.2) is 48.6 Å². The number of allylic oxidation sites excluding steroid dienone is 1. The molecule has 0 aliphatic carbocycles. The molecule has 0 aliphatic heterocycles. The molecular formula is C24H21ClN2O3. The van der Waals surface area contributed by atoms with E-state index in [4.69, 9.17) is 27.5 Å². The van der Waals surface area contributed by atoms with E-state index in [2.05, 4.69) is 17.8 Å². The van der Waals surface area contributed by atoms with E-state index in [1.54, 1.807) is 36.4 Å². The van der Waals surface area contributed by atoms with Crippen LogP contribution in [0.25, 0.3) is 6.08 Å². The Morgan fingerprint density at radius 1 is 1.37 bits per heavy atom. The molecule has 6 heteroatoms. The molecule has 0 saturated carbocycles. The van der Waals surface area contributed by atoms with Gasteiger partial charge in [-0.2, -0.15) is 5.26 Å². The van der Waals surface area contributed by atoms with Gasteiger partial charge in [0.25, 0.3) is 5.91 Å². The average Bonchev–Trinajstić information content (AvgIpc) is 2.73. The van der Waals surface area contributed by atoms with Crippen LogP contribution in [0.1, 0.15) is 16.7 Å². The first-order valence-corrected chi connectivity index (χ1v) is 9.38. The summed E-state index contributed by atoms with van der Waals surface area (Å²) in [5, 5.41) is 12.7. The summed E-state index contributed by atoms with van der Waals surface area (Å²) in [6, 6.07) is 10.5. The standard InChI is InChI=1S/C24H21ClN2O3/c1-5-7-18-11-17(13-22(29-4)23(18)30-10-6-2)12-19(15-26)24(28)27-20-9-8-16(3)21(25)14-20/h2,5,8-9,11-14H,1,7,10H2,3-4H3,(H,27,28). The molecule has 0 saturated heterocycles. The Morgan fingerprint density at radius 2 is 2.13 bits per heavy atom. The number of aryl methyl sites for hydroxylation is 1. The lowest BCUT2D eigenvalue weighted by Crippen LogP contribution is -2.13. The van der Waals surface area contributed by atoms with Crippen molar-refractivity contribution in [2.75, 3.05) is 19.0 Å². The second-order valence-electron chi connectivity index (χ2n) is 6.28. The van der Waals surface area contributed by atoms with Crippen LogP contribution in [0, 0.1) is 30.6 Å².